The second-order valence-corrected chi connectivity index (χ2v) is 6.94. The molecular formula is C19H24N4O2. The standard InChI is InChI=1S/C19H24N4O2/c1-3-17-13(11-23-12-16(8-20-23)19(24)25-4-2)5-6-18(21-17)22-9-14-7-15(14)10-22/h5-6,8,12,14-15H,3-4,7,9-11H2,1-2H3/t14-,15?/m0/s1. The van der Waals surface area contributed by atoms with Crippen LogP contribution in [-0.2, 0) is 17.7 Å². The van der Waals surface area contributed by atoms with E-state index in [0.717, 1.165) is 48.4 Å². The molecule has 3 heterocycles. The first-order valence-electron chi connectivity index (χ1n) is 9.11. The number of aryl methyl sites for hydroxylation is 1. The van der Waals surface area contributed by atoms with E-state index in [-0.39, 0.29) is 5.97 Å². The van der Waals surface area contributed by atoms with Gasteiger partial charge in [0, 0.05) is 25.0 Å². The van der Waals surface area contributed by atoms with E-state index < -0.39 is 0 Å². The largest absolute Gasteiger partial charge is 0.462 e. The van der Waals surface area contributed by atoms with Crippen molar-refractivity contribution >= 4 is 11.8 Å². The number of ether oxygens (including phenoxy) is 1. The van der Waals surface area contributed by atoms with E-state index in [2.05, 4.69) is 29.1 Å². The molecular weight excluding hydrogens is 316 g/mol. The normalized spacial score (nSPS) is 21.3. The van der Waals surface area contributed by atoms with Crippen LogP contribution in [0.4, 0.5) is 5.82 Å². The molecule has 2 aromatic rings. The third-order valence-electron chi connectivity index (χ3n) is 5.17. The molecule has 2 aromatic heterocycles. The van der Waals surface area contributed by atoms with E-state index in [9.17, 15) is 4.79 Å². The number of aromatic nitrogens is 3. The lowest BCUT2D eigenvalue weighted by Gasteiger charge is -2.20. The van der Waals surface area contributed by atoms with Gasteiger partial charge in [0.05, 0.1) is 24.9 Å². The van der Waals surface area contributed by atoms with Gasteiger partial charge in [0.15, 0.2) is 0 Å². The van der Waals surface area contributed by atoms with Gasteiger partial charge in [0.2, 0.25) is 0 Å². The van der Waals surface area contributed by atoms with Crippen LogP contribution in [0, 0.1) is 11.8 Å². The molecule has 1 aliphatic carbocycles. The van der Waals surface area contributed by atoms with E-state index in [1.807, 2.05) is 0 Å². The lowest BCUT2D eigenvalue weighted by molar-refractivity contribution is 0.0526. The summed E-state index contributed by atoms with van der Waals surface area (Å²) < 4.78 is 6.78. The number of fused-ring (bicyclic) bond motifs is 1. The minimum absolute atomic E-state index is 0.328. The summed E-state index contributed by atoms with van der Waals surface area (Å²) in [7, 11) is 0. The second-order valence-electron chi connectivity index (χ2n) is 6.94. The van der Waals surface area contributed by atoms with Crippen molar-refractivity contribution in [3.05, 3.63) is 41.3 Å². The molecule has 4 rings (SSSR count). The Kier molecular flexibility index (Phi) is 4.19. The molecule has 0 amide bonds. The van der Waals surface area contributed by atoms with Gasteiger partial charge in [-0.3, -0.25) is 4.68 Å². The first kappa shape index (κ1) is 16.1. The van der Waals surface area contributed by atoms with Crippen molar-refractivity contribution in [3.8, 4) is 0 Å². The average molecular weight is 340 g/mol. The van der Waals surface area contributed by atoms with Crippen LogP contribution in [0.5, 0.6) is 0 Å². The SMILES string of the molecule is CCOC(=O)c1cnn(Cc2ccc(N3CC4C[C@H]4C3)nc2CC)c1. The fourth-order valence-electron chi connectivity index (χ4n) is 3.67. The van der Waals surface area contributed by atoms with Gasteiger partial charge in [0.25, 0.3) is 0 Å². The maximum absolute atomic E-state index is 11.8. The van der Waals surface area contributed by atoms with Crippen molar-refractivity contribution in [3.63, 3.8) is 0 Å². The minimum atomic E-state index is -0.328. The van der Waals surface area contributed by atoms with Crippen molar-refractivity contribution in [1.29, 1.82) is 0 Å². The van der Waals surface area contributed by atoms with Crippen molar-refractivity contribution in [2.75, 3.05) is 24.6 Å². The molecule has 1 aliphatic heterocycles. The predicted molar refractivity (Wildman–Crippen MR) is 94.7 cm³/mol. The Balaban J connectivity index is 1.49. The lowest BCUT2D eigenvalue weighted by Crippen LogP contribution is -2.23. The van der Waals surface area contributed by atoms with E-state index in [1.54, 1.807) is 24.0 Å². The van der Waals surface area contributed by atoms with Crippen LogP contribution in [0.2, 0.25) is 0 Å². The highest BCUT2D eigenvalue weighted by atomic mass is 16.5. The molecule has 6 nitrogen and oxygen atoms in total. The Morgan fingerprint density at radius 3 is 2.80 bits per heavy atom. The molecule has 1 saturated heterocycles. The number of nitrogens with zero attached hydrogens (tertiary/aromatic N) is 4. The van der Waals surface area contributed by atoms with Gasteiger partial charge in [-0.15, -0.1) is 0 Å². The van der Waals surface area contributed by atoms with Gasteiger partial charge in [0.1, 0.15) is 5.82 Å². The van der Waals surface area contributed by atoms with E-state index in [0.29, 0.717) is 18.7 Å². The summed E-state index contributed by atoms with van der Waals surface area (Å²) in [4.78, 5) is 19.1. The van der Waals surface area contributed by atoms with Crippen LogP contribution >= 0.6 is 0 Å². The number of hydrogen-bond donors (Lipinski definition) is 0. The second kappa shape index (κ2) is 6.50. The van der Waals surface area contributed by atoms with Crippen LogP contribution in [0.3, 0.4) is 0 Å². The Morgan fingerprint density at radius 1 is 1.28 bits per heavy atom. The number of esters is 1. The third kappa shape index (κ3) is 3.25. The molecule has 0 radical (unpaired) electrons. The van der Waals surface area contributed by atoms with Crippen LogP contribution in [0.25, 0.3) is 0 Å². The number of pyridine rings is 1. The monoisotopic (exact) mass is 340 g/mol. The molecule has 2 atom stereocenters. The highest BCUT2D eigenvalue weighted by Crippen LogP contribution is 2.45. The van der Waals surface area contributed by atoms with Gasteiger partial charge < -0.3 is 9.64 Å². The maximum Gasteiger partial charge on any atom is 0.341 e. The Morgan fingerprint density at radius 2 is 2.08 bits per heavy atom. The summed E-state index contributed by atoms with van der Waals surface area (Å²) in [5.41, 5.74) is 2.74. The lowest BCUT2D eigenvalue weighted by atomic mass is 10.1. The van der Waals surface area contributed by atoms with Crippen molar-refractivity contribution < 1.29 is 9.53 Å². The molecule has 6 heteroatoms. The summed E-state index contributed by atoms with van der Waals surface area (Å²) in [5.74, 6) is 2.57. The summed E-state index contributed by atoms with van der Waals surface area (Å²) in [5, 5.41) is 4.28. The Labute approximate surface area is 147 Å². The Bertz CT molecular complexity index is 775. The summed E-state index contributed by atoms with van der Waals surface area (Å²) >= 11 is 0. The number of anilines is 1. The van der Waals surface area contributed by atoms with Crippen LogP contribution in [0.1, 0.15) is 41.9 Å². The van der Waals surface area contributed by atoms with E-state index in [4.69, 9.17) is 9.72 Å². The molecule has 2 fully saturated rings. The minimum Gasteiger partial charge on any atom is -0.462 e. The van der Waals surface area contributed by atoms with E-state index in [1.165, 1.54) is 6.42 Å². The highest BCUT2D eigenvalue weighted by Gasteiger charge is 2.45. The highest BCUT2D eigenvalue weighted by molar-refractivity contribution is 5.88. The van der Waals surface area contributed by atoms with Crippen molar-refractivity contribution in [2.24, 2.45) is 11.8 Å². The molecule has 0 N–H and O–H groups in total. The number of carbonyl (C=O) groups is 1. The average Bonchev–Trinajstić information content (AvgIpc) is 3.02. The molecule has 0 bridgehead atoms. The van der Waals surface area contributed by atoms with Crippen LogP contribution in [-0.4, -0.2) is 40.4 Å². The zero-order valence-electron chi connectivity index (χ0n) is 14.8. The summed E-state index contributed by atoms with van der Waals surface area (Å²) in [6.07, 6.45) is 5.58. The quantitative estimate of drug-likeness (QED) is 0.756. The van der Waals surface area contributed by atoms with Crippen molar-refractivity contribution in [2.45, 2.75) is 33.2 Å². The fraction of sp³-hybridized carbons (Fsp3) is 0.526. The third-order valence-corrected chi connectivity index (χ3v) is 5.17. The molecule has 0 aromatic carbocycles. The van der Waals surface area contributed by atoms with Gasteiger partial charge in [-0.1, -0.05) is 13.0 Å². The van der Waals surface area contributed by atoms with Gasteiger partial charge >= 0.3 is 5.97 Å². The molecule has 1 saturated carbocycles. The molecule has 0 spiro atoms. The van der Waals surface area contributed by atoms with Gasteiger partial charge in [-0.05, 0) is 43.2 Å². The summed E-state index contributed by atoms with van der Waals surface area (Å²) in [6.45, 7) is 7.22. The molecule has 2 aliphatic rings. The number of carbonyl (C=O) groups excluding carboxylic acids is 1. The van der Waals surface area contributed by atoms with Gasteiger partial charge in [-0.2, -0.15) is 5.10 Å². The van der Waals surface area contributed by atoms with Crippen LogP contribution in [0.15, 0.2) is 24.5 Å². The van der Waals surface area contributed by atoms with Crippen LogP contribution < -0.4 is 4.90 Å². The molecule has 132 valence electrons. The first-order valence-corrected chi connectivity index (χ1v) is 9.11. The number of piperidine rings is 1. The predicted octanol–water partition coefficient (Wildman–Crippen LogP) is 2.52. The fourth-order valence-corrected chi connectivity index (χ4v) is 3.67. The summed E-state index contributed by atoms with van der Waals surface area (Å²) in [6, 6.07) is 4.27. The van der Waals surface area contributed by atoms with Gasteiger partial charge in [-0.25, -0.2) is 9.78 Å². The first-order chi connectivity index (χ1) is 12.2. The number of hydrogen-bond acceptors (Lipinski definition) is 5. The Hall–Kier alpha value is -2.37. The maximum atomic E-state index is 11.8. The zero-order valence-corrected chi connectivity index (χ0v) is 14.8. The molecule has 1 unspecified atom stereocenters. The zero-order chi connectivity index (χ0) is 17.4. The van der Waals surface area contributed by atoms with Crippen molar-refractivity contribution in [1.82, 2.24) is 14.8 Å². The smallest absolute Gasteiger partial charge is 0.341 e. The molecule has 25 heavy (non-hydrogen) atoms. The number of rotatable bonds is 6. The topological polar surface area (TPSA) is 60.2 Å². The van der Waals surface area contributed by atoms with E-state index >= 15 is 0 Å².